The van der Waals surface area contributed by atoms with E-state index in [4.69, 9.17) is 14.2 Å². The maximum Gasteiger partial charge on any atom is 0.251 e. The number of nitrogens with zero attached hydrogens (tertiary/aromatic N) is 3. The van der Waals surface area contributed by atoms with Crippen LogP contribution in [0.3, 0.4) is 0 Å². The summed E-state index contributed by atoms with van der Waals surface area (Å²) in [6.45, 7) is -0.223. The third kappa shape index (κ3) is 4.66. The predicted octanol–water partition coefficient (Wildman–Crippen LogP) is 1.66. The smallest absolute Gasteiger partial charge is 0.251 e. The molecule has 2 N–H and O–H groups in total. The van der Waals surface area contributed by atoms with Crippen LogP contribution in [0, 0.1) is 0 Å². The van der Waals surface area contributed by atoms with Crippen LogP contribution in [-0.4, -0.2) is 54.2 Å². The van der Waals surface area contributed by atoms with E-state index in [9.17, 15) is 9.59 Å². The van der Waals surface area contributed by atoms with Gasteiger partial charge in [0.1, 0.15) is 12.1 Å². The quantitative estimate of drug-likeness (QED) is 0.579. The van der Waals surface area contributed by atoms with Crippen molar-refractivity contribution in [3.63, 3.8) is 0 Å². The fraction of sp³-hybridized carbons (Fsp3) is 0.200. The summed E-state index contributed by atoms with van der Waals surface area (Å²) < 4.78 is 17.4. The Morgan fingerprint density at radius 2 is 1.80 bits per heavy atom. The van der Waals surface area contributed by atoms with Gasteiger partial charge in [0.05, 0.1) is 39.8 Å². The zero-order valence-corrected chi connectivity index (χ0v) is 16.7. The lowest BCUT2D eigenvalue weighted by molar-refractivity contribution is -0.115. The van der Waals surface area contributed by atoms with Gasteiger partial charge in [0.25, 0.3) is 5.91 Å². The Hall–Kier alpha value is -4.08. The number of carbonyl (C=O) groups excluding carboxylic acids is 2. The minimum absolute atomic E-state index is 0.223. The molecule has 0 unspecified atom stereocenters. The molecule has 1 aromatic carbocycles. The summed E-state index contributed by atoms with van der Waals surface area (Å²) in [7, 11) is 4.39. The highest BCUT2D eigenvalue weighted by Crippen LogP contribution is 2.38. The summed E-state index contributed by atoms with van der Waals surface area (Å²) in [6, 6.07) is 6.47. The van der Waals surface area contributed by atoms with Gasteiger partial charge in [-0.05, 0) is 24.3 Å². The van der Waals surface area contributed by atoms with E-state index in [1.165, 1.54) is 39.7 Å². The van der Waals surface area contributed by atoms with Gasteiger partial charge in [0, 0.05) is 18.0 Å². The first-order valence-corrected chi connectivity index (χ1v) is 8.88. The van der Waals surface area contributed by atoms with E-state index >= 15 is 0 Å². The summed E-state index contributed by atoms with van der Waals surface area (Å²) in [5.74, 6) is 0.874. The van der Waals surface area contributed by atoms with Crippen LogP contribution in [0.5, 0.6) is 17.2 Å². The third-order valence-corrected chi connectivity index (χ3v) is 4.14. The molecule has 10 nitrogen and oxygen atoms in total. The normalized spacial score (nSPS) is 10.2. The van der Waals surface area contributed by atoms with Crippen LogP contribution in [-0.2, 0) is 4.79 Å². The predicted molar refractivity (Wildman–Crippen MR) is 108 cm³/mol. The van der Waals surface area contributed by atoms with Crippen molar-refractivity contribution in [3.8, 4) is 23.1 Å². The van der Waals surface area contributed by atoms with Crippen molar-refractivity contribution in [2.24, 2.45) is 0 Å². The van der Waals surface area contributed by atoms with Crippen LogP contribution in [0.2, 0.25) is 0 Å². The lowest BCUT2D eigenvalue weighted by atomic mass is 10.1. The zero-order chi connectivity index (χ0) is 21.5. The molecule has 0 atom stereocenters. The van der Waals surface area contributed by atoms with Gasteiger partial charge in [-0.25, -0.2) is 9.97 Å². The lowest BCUT2D eigenvalue weighted by Gasteiger charge is -2.14. The Morgan fingerprint density at radius 3 is 2.33 bits per heavy atom. The molecule has 2 aromatic heterocycles. The number of nitrogens with one attached hydrogen (secondary N) is 2. The number of hydrogen-bond donors (Lipinski definition) is 2. The van der Waals surface area contributed by atoms with E-state index in [1.807, 2.05) is 0 Å². The van der Waals surface area contributed by atoms with Crippen LogP contribution < -0.4 is 24.8 Å². The summed E-state index contributed by atoms with van der Waals surface area (Å²) in [6.07, 6.45) is 6.56. The Kier molecular flexibility index (Phi) is 6.48. The van der Waals surface area contributed by atoms with Gasteiger partial charge in [-0.15, -0.1) is 0 Å². The number of amides is 2. The van der Waals surface area contributed by atoms with Crippen molar-refractivity contribution in [3.05, 3.63) is 54.7 Å². The topological polar surface area (TPSA) is 117 Å². The highest BCUT2D eigenvalue weighted by atomic mass is 16.5. The van der Waals surface area contributed by atoms with Gasteiger partial charge in [-0.2, -0.15) is 0 Å². The highest BCUT2D eigenvalue weighted by Gasteiger charge is 2.17. The molecule has 0 radical (unpaired) electrons. The monoisotopic (exact) mass is 411 g/mol. The molecule has 3 rings (SSSR count). The average Bonchev–Trinajstić information content (AvgIpc) is 3.31. The second-order valence-electron chi connectivity index (χ2n) is 6.02. The number of ether oxygens (including phenoxy) is 3. The molecule has 0 aliphatic heterocycles. The molecule has 2 heterocycles. The maximum atomic E-state index is 12.4. The molecular weight excluding hydrogens is 390 g/mol. The molecule has 0 fully saturated rings. The SMILES string of the molecule is COc1cc(C(=O)NCC(=O)Nc2ccc(-n3ccnc3)nc2)cc(OC)c1OC. The van der Waals surface area contributed by atoms with Crippen LogP contribution in [0.15, 0.2) is 49.2 Å². The maximum absolute atomic E-state index is 12.4. The third-order valence-electron chi connectivity index (χ3n) is 4.14. The molecule has 0 bridgehead atoms. The molecule has 3 aromatic rings. The number of pyridine rings is 1. The number of rotatable bonds is 8. The van der Waals surface area contributed by atoms with Gasteiger partial charge in [-0.1, -0.05) is 0 Å². The molecule has 10 heteroatoms. The zero-order valence-electron chi connectivity index (χ0n) is 16.7. The standard InChI is InChI=1S/C20H21N5O5/c1-28-15-8-13(9-16(29-2)19(15)30-3)20(27)23-11-18(26)24-14-4-5-17(22-10-14)25-7-6-21-12-25/h4-10,12H,11H2,1-3H3,(H,23,27)(H,24,26). The van der Waals surface area contributed by atoms with Gasteiger partial charge in [0.15, 0.2) is 11.5 Å². The number of anilines is 1. The van der Waals surface area contributed by atoms with Crippen LogP contribution in [0.4, 0.5) is 5.69 Å². The molecule has 0 aliphatic rings. The van der Waals surface area contributed by atoms with Gasteiger partial charge >= 0.3 is 0 Å². The first-order valence-electron chi connectivity index (χ1n) is 8.88. The van der Waals surface area contributed by atoms with E-state index in [-0.39, 0.29) is 12.1 Å². The Bertz CT molecular complexity index is 994. The van der Waals surface area contributed by atoms with Crippen molar-refractivity contribution in [1.82, 2.24) is 19.9 Å². The molecule has 0 saturated carbocycles. The van der Waals surface area contributed by atoms with Gasteiger partial charge in [-0.3, -0.25) is 14.2 Å². The van der Waals surface area contributed by atoms with Gasteiger partial charge < -0.3 is 24.8 Å². The molecule has 156 valence electrons. The largest absolute Gasteiger partial charge is 0.493 e. The fourth-order valence-electron chi connectivity index (χ4n) is 2.69. The molecule has 0 aliphatic carbocycles. The number of carbonyl (C=O) groups is 2. The lowest BCUT2D eigenvalue weighted by Crippen LogP contribution is -2.32. The number of hydrogen-bond acceptors (Lipinski definition) is 7. The minimum atomic E-state index is -0.460. The van der Waals surface area contributed by atoms with E-state index in [1.54, 1.807) is 35.4 Å². The van der Waals surface area contributed by atoms with Crippen LogP contribution in [0.25, 0.3) is 5.82 Å². The van der Waals surface area contributed by atoms with E-state index < -0.39 is 11.8 Å². The molecule has 30 heavy (non-hydrogen) atoms. The highest BCUT2D eigenvalue weighted by molar-refractivity contribution is 6.00. The summed E-state index contributed by atoms with van der Waals surface area (Å²) in [5, 5.41) is 5.23. The molecular formula is C20H21N5O5. The number of imidazole rings is 1. The number of methoxy groups -OCH3 is 3. The molecule has 0 saturated heterocycles. The Labute approximate surface area is 172 Å². The average molecular weight is 411 g/mol. The van der Waals surface area contributed by atoms with Crippen LogP contribution in [0.1, 0.15) is 10.4 Å². The van der Waals surface area contributed by atoms with E-state index in [0.29, 0.717) is 28.8 Å². The summed E-state index contributed by atoms with van der Waals surface area (Å²) in [5.41, 5.74) is 0.773. The van der Waals surface area contributed by atoms with Crippen LogP contribution >= 0.6 is 0 Å². The van der Waals surface area contributed by atoms with Crippen molar-refractivity contribution in [1.29, 1.82) is 0 Å². The fourth-order valence-corrected chi connectivity index (χ4v) is 2.69. The van der Waals surface area contributed by atoms with Crippen molar-refractivity contribution < 1.29 is 23.8 Å². The Balaban J connectivity index is 1.60. The second kappa shape index (κ2) is 9.41. The molecule has 2 amide bonds. The Morgan fingerprint density at radius 1 is 1.07 bits per heavy atom. The van der Waals surface area contributed by atoms with Crippen molar-refractivity contribution in [2.75, 3.05) is 33.2 Å². The molecule has 0 spiro atoms. The van der Waals surface area contributed by atoms with E-state index in [0.717, 1.165) is 0 Å². The summed E-state index contributed by atoms with van der Waals surface area (Å²) in [4.78, 5) is 32.8. The van der Waals surface area contributed by atoms with Crippen molar-refractivity contribution >= 4 is 17.5 Å². The van der Waals surface area contributed by atoms with E-state index in [2.05, 4.69) is 20.6 Å². The first-order chi connectivity index (χ1) is 14.5. The second-order valence-corrected chi connectivity index (χ2v) is 6.02. The number of benzene rings is 1. The van der Waals surface area contributed by atoms with Gasteiger partial charge in [0.2, 0.25) is 11.7 Å². The first kappa shape index (κ1) is 20.6. The summed E-state index contributed by atoms with van der Waals surface area (Å²) >= 11 is 0. The minimum Gasteiger partial charge on any atom is -0.493 e. The number of aromatic nitrogens is 3. The van der Waals surface area contributed by atoms with Crippen molar-refractivity contribution in [2.45, 2.75) is 0 Å².